The molecule has 0 spiro atoms. The van der Waals surface area contributed by atoms with Crippen LogP contribution < -0.4 is 14.8 Å². The van der Waals surface area contributed by atoms with Gasteiger partial charge in [-0.3, -0.25) is 19.8 Å². The number of nitrogens with zero attached hydrogens (tertiary/aromatic N) is 2. The number of carbonyl (C=O) groups is 1. The highest BCUT2D eigenvalue weighted by molar-refractivity contribution is 5.77. The summed E-state index contributed by atoms with van der Waals surface area (Å²) >= 11 is 0. The van der Waals surface area contributed by atoms with Crippen molar-refractivity contribution in [2.75, 3.05) is 46.6 Å². The van der Waals surface area contributed by atoms with Crippen molar-refractivity contribution in [1.29, 1.82) is 0 Å². The average Bonchev–Trinajstić information content (AvgIpc) is 2.79. The molecule has 1 fully saturated rings. The van der Waals surface area contributed by atoms with E-state index in [9.17, 15) is 14.9 Å². The van der Waals surface area contributed by atoms with Gasteiger partial charge in [-0.2, -0.15) is 0 Å². The first kappa shape index (κ1) is 21.5. The number of rotatable bonds is 9. The molecule has 3 rings (SSSR count). The van der Waals surface area contributed by atoms with E-state index in [1.54, 1.807) is 19.2 Å². The molecule has 9 nitrogen and oxygen atoms in total. The largest absolute Gasteiger partial charge is 0.497 e. The maximum atomic E-state index is 12.3. The van der Waals surface area contributed by atoms with Crippen molar-refractivity contribution in [3.05, 3.63) is 64.2 Å². The Hall–Kier alpha value is -3.17. The van der Waals surface area contributed by atoms with Gasteiger partial charge in [0, 0.05) is 25.7 Å². The van der Waals surface area contributed by atoms with E-state index < -0.39 is 4.92 Å². The Bertz CT molecular complexity index is 852. The molecule has 1 heterocycles. The third-order valence-corrected chi connectivity index (χ3v) is 4.90. The van der Waals surface area contributed by atoms with Gasteiger partial charge in [0.15, 0.2) is 12.4 Å². The molecular weight excluding hydrogens is 390 g/mol. The number of benzene rings is 2. The van der Waals surface area contributed by atoms with Gasteiger partial charge in [0.1, 0.15) is 5.75 Å². The molecule has 0 bridgehead atoms. The van der Waals surface area contributed by atoms with E-state index in [1.807, 2.05) is 24.3 Å². The molecule has 2 aromatic rings. The van der Waals surface area contributed by atoms with Crippen LogP contribution in [0.3, 0.4) is 0 Å². The van der Waals surface area contributed by atoms with Crippen LogP contribution in [0.4, 0.5) is 5.69 Å². The predicted molar refractivity (Wildman–Crippen MR) is 110 cm³/mol. The summed E-state index contributed by atoms with van der Waals surface area (Å²) in [5, 5.41) is 13.9. The summed E-state index contributed by atoms with van der Waals surface area (Å²) in [6, 6.07) is 13.7. The topological polar surface area (TPSA) is 103 Å². The van der Waals surface area contributed by atoms with Gasteiger partial charge in [-0.05, 0) is 23.8 Å². The van der Waals surface area contributed by atoms with Gasteiger partial charge < -0.3 is 19.5 Å². The van der Waals surface area contributed by atoms with Crippen LogP contribution in [0.25, 0.3) is 0 Å². The highest BCUT2D eigenvalue weighted by atomic mass is 16.6. The minimum atomic E-state index is -0.536. The van der Waals surface area contributed by atoms with Gasteiger partial charge in [-0.1, -0.05) is 24.3 Å². The van der Waals surface area contributed by atoms with Crippen LogP contribution in [-0.4, -0.2) is 62.3 Å². The van der Waals surface area contributed by atoms with Gasteiger partial charge >= 0.3 is 5.69 Å². The molecule has 1 aliphatic rings. The smallest absolute Gasteiger partial charge is 0.310 e. The number of morpholine rings is 1. The van der Waals surface area contributed by atoms with E-state index >= 15 is 0 Å². The lowest BCUT2D eigenvalue weighted by Gasteiger charge is -2.35. The summed E-state index contributed by atoms with van der Waals surface area (Å²) in [6.07, 6.45) is 0. The van der Waals surface area contributed by atoms with Crippen molar-refractivity contribution < 1.29 is 23.9 Å². The van der Waals surface area contributed by atoms with Crippen LogP contribution in [0, 0.1) is 10.1 Å². The minimum absolute atomic E-state index is 0.0326. The normalized spacial score (nSPS) is 15.2. The molecule has 1 aliphatic heterocycles. The third-order valence-electron chi connectivity index (χ3n) is 4.90. The van der Waals surface area contributed by atoms with Gasteiger partial charge in [0.2, 0.25) is 0 Å². The Morgan fingerprint density at radius 1 is 1.20 bits per heavy atom. The number of ether oxygens (including phenoxy) is 3. The summed E-state index contributed by atoms with van der Waals surface area (Å²) in [5.41, 5.74) is 0.882. The SMILES string of the molecule is COc1ccc(C(CNC(=O)COc2ccccc2[N+](=O)[O-])N2CCOCC2)cc1. The number of nitro groups is 1. The first-order valence-corrected chi connectivity index (χ1v) is 9.67. The molecule has 0 aliphatic carbocycles. The second kappa shape index (κ2) is 10.6. The summed E-state index contributed by atoms with van der Waals surface area (Å²) < 4.78 is 16.0. The lowest BCUT2D eigenvalue weighted by molar-refractivity contribution is -0.385. The fourth-order valence-corrected chi connectivity index (χ4v) is 3.31. The monoisotopic (exact) mass is 415 g/mol. The average molecular weight is 415 g/mol. The zero-order valence-corrected chi connectivity index (χ0v) is 16.8. The van der Waals surface area contributed by atoms with Gasteiger partial charge in [-0.25, -0.2) is 0 Å². The highest BCUT2D eigenvalue weighted by Gasteiger charge is 2.23. The zero-order valence-electron chi connectivity index (χ0n) is 16.8. The fourth-order valence-electron chi connectivity index (χ4n) is 3.31. The number of para-hydroxylation sites is 2. The van der Waals surface area contributed by atoms with E-state index in [1.165, 1.54) is 12.1 Å². The first-order chi connectivity index (χ1) is 14.6. The van der Waals surface area contributed by atoms with Crippen LogP contribution in [-0.2, 0) is 9.53 Å². The second-order valence-electron chi connectivity index (χ2n) is 6.75. The molecule has 0 radical (unpaired) electrons. The lowest BCUT2D eigenvalue weighted by Crippen LogP contribution is -2.44. The van der Waals surface area contributed by atoms with Crippen LogP contribution in [0.2, 0.25) is 0 Å². The first-order valence-electron chi connectivity index (χ1n) is 9.67. The maximum absolute atomic E-state index is 12.3. The Morgan fingerprint density at radius 2 is 1.90 bits per heavy atom. The Balaban J connectivity index is 1.61. The van der Waals surface area contributed by atoms with E-state index in [4.69, 9.17) is 14.2 Å². The van der Waals surface area contributed by atoms with E-state index in [2.05, 4.69) is 10.2 Å². The van der Waals surface area contributed by atoms with Crippen molar-refractivity contribution in [3.63, 3.8) is 0 Å². The van der Waals surface area contributed by atoms with Gasteiger partial charge in [0.25, 0.3) is 5.91 Å². The quantitative estimate of drug-likeness (QED) is 0.494. The number of nitrogens with one attached hydrogen (secondary N) is 1. The van der Waals surface area contributed by atoms with Crippen molar-refractivity contribution >= 4 is 11.6 Å². The molecule has 1 N–H and O–H groups in total. The number of hydrogen-bond donors (Lipinski definition) is 1. The van der Waals surface area contributed by atoms with Crippen LogP contribution in [0.1, 0.15) is 11.6 Å². The third kappa shape index (κ3) is 5.68. The second-order valence-corrected chi connectivity index (χ2v) is 6.75. The molecule has 160 valence electrons. The summed E-state index contributed by atoms with van der Waals surface area (Å²) in [7, 11) is 1.62. The standard InChI is InChI=1S/C21H25N3O6/c1-28-17-8-6-16(7-9-17)19(23-10-12-29-13-11-23)14-22-21(25)15-30-20-5-3-2-4-18(20)24(26)27/h2-9,19H,10-15H2,1H3,(H,22,25). The highest BCUT2D eigenvalue weighted by Crippen LogP contribution is 2.26. The van der Waals surface area contributed by atoms with Crippen LogP contribution >= 0.6 is 0 Å². The molecule has 1 amide bonds. The number of nitro benzene ring substituents is 1. The Morgan fingerprint density at radius 3 is 2.57 bits per heavy atom. The van der Waals surface area contributed by atoms with E-state index in [0.29, 0.717) is 19.8 Å². The van der Waals surface area contributed by atoms with Crippen molar-refractivity contribution in [2.45, 2.75) is 6.04 Å². The molecule has 0 saturated carbocycles. The molecule has 1 unspecified atom stereocenters. The summed E-state index contributed by atoms with van der Waals surface area (Å²) in [4.78, 5) is 25.1. The summed E-state index contributed by atoms with van der Waals surface area (Å²) in [6.45, 7) is 2.88. The maximum Gasteiger partial charge on any atom is 0.310 e. The Kier molecular flexibility index (Phi) is 7.58. The Labute approximate surface area is 174 Å². The molecule has 1 saturated heterocycles. The van der Waals surface area contributed by atoms with Gasteiger partial charge in [-0.15, -0.1) is 0 Å². The van der Waals surface area contributed by atoms with Crippen molar-refractivity contribution in [2.24, 2.45) is 0 Å². The molecule has 2 aromatic carbocycles. The van der Waals surface area contributed by atoms with Crippen LogP contribution in [0.5, 0.6) is 11.5 Å². The molecule has 1 atom stereocenters. The van der Waals surface area contributed by atoms with Crippen molar-refractivity contribution in [1.82, 2.24) is 10.2 Å². The van der Waals surface area contributed by atoms with Gasteiger partial charge in [0.05, 0.1) is 31.3 Å². The summed E-state index contributed by atoms with van der Waals surface area (Å²) in [5.74, 6) is 0.485. The fraction of sp³-hybridized carbons (Fsp3) is 0.381. The minimum Gasteiger partial charge on any atom is -0.497 e. The zero-order chi connectivity index (χ0) is 21.3. The molecular formula is C21H25N3O6. The van der Waals surface area contributed by atoms with E-state index in [0.717, 1.165) is 24.4 Å². The number of carbonyl (C=O) groups excluding carboxylic acids is 1. The van der Waals surface area contributed by atoms with E-state index in [-0.39, 0.29) is 30.0 Å². The number of hydrogen-bond acceptors (Lipinski definition) is 7. The predicted octanol–water partition coefficient (Wildman–Crippen LogP) is 2.17. The number of amides is 1. The molecule has 30 heavy (non-hydrogen) atoms. The lowest BCUT2D eigenvalue weighted by atomic mass is 10.0. The number of methoxy groups -OCH3 is 1. The van der Waals surface area contributed by atoms with Crippen LogP contribution in [0.15, 0.2) is 48.5 Å². The molecule has 9 heteroatoms. The van der Waals surface area contributed by atoms with Crippen molar-refractivity contribution in [3.8, 4) is 11.5 Å². The molecule has 0 aromatic heterocycles.